The topological polar surface area (TPSA) is 71.1 Å². The Morgan fingerprint density at radius 3 is 2.82 bits per heavy atom. The van der Waals surface area contributed by atoms with Crippen LogP contribution in [0.3, 0.4) is 0 Å². The van der Waals surface area contributed by atoms with Gasteiger partial charge in [0.1, 0.15) is 0 Å². The number of rotatable bonds is 2. The van der Waals surface area contributed by atoms with Gasteiger partial charge in [-0.25, -0.2) is 9.59 Å². The third kappa shape index (κ3) is 2.47. The van der Waals surface area contributed by atoms with Crippen LogP contribution >= 0.6 is 0 Å². The molecular formula is C11H10O6. The smallest absolute Gasteiger partial charge is 0.454 e. The summed E-state index contributed by atoms with van der Waals surface area (Å²) in [5.74, 6) is 0.211. The SMILES string of the molecule is CCOC(=O)OC(=O)c1ccc2c(c1)OCO2. The summed E-state index contributed by atoms with van der Waals surface area (Å²) in [4.78, 5) is 22.4. The van der Waals surface area contributed by atoms with Crippen LogP contribution in [0.15, 0.2) is 18.2 Å². The molecule has 90 valence electrons. The van der Waals surface area contributed by atoms with Gasteiger partial charge in [0.2, 0.25) is 6.79 Å². The third-order valence-corrected chi connectivity index (χ3v) is 2.05. The molecule has 0 fully saturated rings. The van der Waals surface area contributed by atoms with Crippen LogP contribution in [0.25, 0.3) is 0 Å². The van der Waals surface area contributed by atoms with E-state index < -0.39 is 12.1 Å². The van der Waals surface area contributed by atoms with Gasteiger partial charge in [-0.3, -0.25) is 0 Å². The van der Waals surface area contributed by atoms with Gasteiger partial charge in [-0.2, -0.15) is 0 Å². The molecule has 1 aromatic carbocycles. The number of hydrogen-bond donors (Lipinski definition) is 0. The highest BCUT2D eigenvalue weighted by Gasteiger charge is 2.19. The van der Waals surface area contributed by atoms with Crippen LogP contribution in [0.1, 0.15) is 17.3 Å². The van der Waals surface area contributed by atoms with Crippen molar-refractivity contribution in [3.63, 3.8) is 0 Å². The lowest BCUT2D eigenvalue weighted by molar-refractivity contribution is 0.0401. The van der Waals surface area contributed by atoms with Crippen LogP contribution in [-0.4, -0.2) is 25.5 Å². The molecule has 0 N–H and O–H groups in total. The number of ether oxygens (including phenoxy) is 4. The van der Waals surface area contributed by atoms with E-state index in [2.05, 4.69) is 9.47 Å². The highest BCUT2D eigenvalue weighted by molar-refractivity contribution is 5.95. The Kier molecular flexibility index (Phi) is 3.13. The van der Waals surface area contributed by atoms with Crippen molar-refractivity contribution in [2.75, 3.05) is 13.4 Å². The van der Waals surface area contributed by atoms with Gasteiger partial charge in [-0.05, 0) is 25.1 Å². The van der Waals surface area contributed by atoms with Gasteiger partial charge in [0.05, 0.1) is 12.2 Å². The van der Waals surface area contributed by atoms with Crippen LogP contribution in [0.5, 0.6) is 11.5 Å². The average molecular weight is 238 g/mol. The normalized spacial score (nSPS) is 12.1. The molecule has 0 aliphatic carbocycles. The van der Waals surface area contributed by atoms with E-state index in [4.69, 9.17) is 9.47 Å². The molecule has 0 unspecified atom stereocenters. The lowest BCUT2D eigenvalue weighted by Crippen LogP contribution is -2.13. The van der Waals surface area contributed by atoms with Crippen LogP contribution in [0.2, 0.25) is 0 Å². The van der Waals surface area contributed by atoms with Crippen molar-refractivity contribution in [3.8, 4) is 11.5 Å². The minimum Gasteiger partial charge on any atom is -0.454 e. The Bertz CT molecular complexity index is 453. The van der Waals surface area contributed by atoms with E-state index >= 15 is 0 Å². The molecule has 1 heterocycles. The second-order valence-electron chi connectivity index (χ2n) is 3.14. The summed E-state index contributed by atoms with van der Waals surface area (Å²) in [5, 5.41) is 0. The molecule has 6 nitrogen and oxygen atoms in total. The van der Waals surface area contributed by atoms with E-state index in [9.17, 15) is 9.59 Å². The van der Waals surface area contributed by atoms with Gasteiger partial charge < -0.3 is 18.9 Å². The quantitative estimate of drug-likeness (QED) is 0.577. The molecule has 2 rings (SSSR count). The van der Waals surface area contributed by atoms with Gasteiger partial charge in [-0.15, -0.1) is 0 Å². The second kappa shape index (κ2) is 4.73. The van der Waals surface area contributed by atoms with E-state index in [0.717, 1.165) is 0 Å². The maximum Gasteiger partial charge on any atom is 0.516 e. The van der Waals surface area contributed by atoms with Crippen LogP contribution in [0, 0.1) is 0 Å². The molecule has 0 saturated carbocycles. The molecule has 0 atom stereocenters. The number of carbonyl (C=O) groups excluding carboxylic acids is 2. The summed E-state index contributed by atoms with van der Waals surface area (Å²) in [7, 11) is 0. The van der Waals surface area contributed by atoms with Crippen LogP contribution in [0.4, 0.5) is 4.79 Å². The van der Waals surface area contributed by atoms with Crippen molar-refractivity contribution < 1.29 is 28.5 Å². The largest absolute Gasteiger partial charge is 0.516 e. The third-order valence-electron chi connectivity index (χ3n) is 2.05. The van der Waals surface area contributed by atoms with Crippen molar-refractivity contribution in [2.24, 2.45) is 0 Å². The summed E-state index contributed by atoms with van der Waals surface area (Å²) >= 11 is 0. The molecular weight excluding hydrogens is 228 g/mol. The lowest BCUT2D eigenvalue weighted by atomic mass is 10.2. The van der Waals surface area contributed by atoms with Gasteiger partial charge in [-0.1, -0.05) is 0 Å². The molecule has 1 aliphatic rings. The number of esters is 1. The predicted molar refractivity (Wildman–Crippen MR) is 55.0 cm³/mol. The first-order valence-corrected chi connectivity index (χ1v) is 4.99. The highest BCUT2D eigenvalue weighted by atomic mass is 16.7. The molecule has 1 aromatic rings. The van der Waals surface area contributed by atoms with Crippen LogP contribution in [-0.2, 0) is 9.47 Å². The maximum atomic E-state index is 11.5. The molecule has 6 heteroatoms. The molecule has 0 radical (unpaired) electrons. The van der Waals surface area contributed by atoms with Crippen molar-refractivity contribution in [2.45, 2.75) is 6.92 Å². The highest BCUT2D eigenvalue weighted by Crippen LogP contribution is 2.32. The molecule has 17 heavy (non-hydrogen) atoms. The first-order chi connectivity index (χ1) is 8.20. The van der Waals surface area contributed by atoms with E-state index in [1.54, 1.807) is 13.0 Å². The van der Waals surface area contributed by atoms with E-state index in [-0.39, 0.29) is 19.0 Å². The van der Waals surface area contributed by atoms with E-state index in [1.165, 1.54) is 12.1 Å². The summed E-state index contributed by atoms with van der Waals surface area (Å²) in [5.41, 5.74) is 0.197. The fourth-order valence-electron chi connectivity index (χ4n) is 1.31. The summed E-state index contributed by atoms with van der Waals surface area (Å²) in [6.07, 6.45) is -1.02. The second-order valence-corrected chi connectivity index (χ2v) is 3.14. The minimum atomic E-state index is -1.02. The molecule has 0 spiro atoms. The molecule has 1 aliphatic heterocycles. The van der Waals surface area contributed by atoms with E-state index in [0.29, 0.717) is 11.5 Å². The van der Waals surface area contributed by atoms with Crippen molar-refractivity contribution in [1.29, 1.82) is 0 Å². The van der Waals surface area contributed by atoms with Gasteiger partial charge in [0, 0.05) is 0 Å². The van der Waals surface area contributed by atoms with E-state index in [1.807, 2.05) is 0 Å². The monoisotopic (exact) mass is 238 g/mol. The minimum absolute atomic E-state index is 0.117. The summed E-state index contributed by atoms with van der Waals surface area (Å²) in [6.45, 7) is 1.88. The molecule has 0 bridgehead atoms. The molecule has 0 amide bonds. The zero-order chi connectivity index (χ0) is 12.3. The Labute approximate surface area is 97.0 Å². The lowest BCUT2D eigenvalue weighted by Gasteiger charge is -2.03. The van der Waals surface area contributed by atoms with Crippen molar-refractivity contribution in [1.82, 2.24) is 0 Å². The predicted octanol–water partition coefficient (Wildman–Crippen LogP) is 1.73. The standard InChI is InChI=1S/C11H10O6/c1-2-14-11(13)17-10(12)7-3-4-8-9(5-7)16-6-15-8/h3-5H,2,6H2,1H3. The number of carbonyl (C=O) groups is 2. The fourth-order valence-corrected chi connectivity index (χ4v) is 1.31. The first-order valence-electron chi connectivity index (χ1n) is 4.99. The van der Waals surface area contributed by atoms with Gasteiger partial charge in [0.15, 0.2) is 11.5 Å². The molecule has 0 aromatic heterocycles. The number of benzene rings is 1. The summed E-state index contributed by atoms with van der Waals surface area (Å²) < 4.78 is 19.1. The first kappa shape index (κ1) is 11.3. The van der Waals surface area contributed by atoms with Gasteiger partial charge >= 0.3 is 12.1 Å². The van der Waals surface area contributed by atoms with Crippen molar-refractivity contribution in [3.05, 3.63) is 23.8 Å². The zero-order valence-electron chi connectivity index (χ0n) is 9.10. The maximum absolute atomic E-state index is 11.5. The number of hydrogen-bond acceptors (Lipinski definition) is 6. The Balaban J connectivity index is 2.07. The number of fused-ring (bicyclic) bond motifs is 1. The Hall–Kier alpha value is -2.24. The van der Waals surface area contributed by atoms with Crippen LogP contribution < -0.4 is 9.47 Å². The Morgan fingerprint density at radius 1 is 1.29 bits per heavy atom. The van der Waals surface area contributed by atoms with Crippen molar-refractivity contribution >= 4 is 12.1 Å². The molecule has 0 saturated heterocycles. The fraction of sp³-hybridized carbons (Fsp3) is 0.273. The summed E-state index contributed by atoms with van der Waals surface area (Å²) in [6, 6.07) is 4.50. The Morgan fingerprint density at radius 2 is 2.06 bits per heavy atom. The zero-order valence-corrected chi connectivity index (χ0v) is 9.10. The average Bonchev–Trinajstić information content (AvgIpc) is 2.75. The van der Waals surface area contributed by atoms with Gasteiger partial charge in [0.25, 0.3) is 0 Å².